The van der Waals surface area contributed by atoms with E-state index in [0.717, 1.165) is 12.1 Å². The van der Waals surface area contributed by atoms with Crippen molar-refractivity contribution in [2.45, 2.75) is 20.0 Å². The Morgan fingerprint density at radius 3 is 2.55 bits per heavy atom. The van der Waals surface area contributed by atoms with Gasteiger partial charge in [0.15, 0.2) is 0 Å². The molecule has 22 heavy (non-hydrogen) atoms. The molecule has 0 bridgehead atoms. The molecule has 0 saturated carbocycles. The SMILES string of the molecule is Cc1ncc(C(=O)NCC(O)c2c(F)cccc2F)c(C)n1. The number of nitrogens with zero attached hydrogens (tertiary/aromatic N) is 2. The maximum atomic E-state index is 13.5. The van der Waals surface area contributed by atoms with E-state index >= 15 is 0 Å². The summed E-state index contributed by atoms with van der Waals surface area (Å²) in [6, 6.07) is 3.29. The first kappa shape index (κ1) is 16.0. The molecule has 0 aliphatic rings. The normalized spacial score (nSPS) is 12.0. The molecular formula is C15H15F2N3O2. The van der Waals surface area contributed by atoms with Crippen LogP contribution in [0.15, 0.2) is 24.4 Å². The predicted octanol–water partition coefficient (Wildman–Crippen LogP) is 1.84. The summed E-state index contributed by atoms with van der Waals surface area (Å²) < 4.78 is 27.0. The number of carbonyl (C=O) groups excluding carboxylic acids is 1. The molecule has 0 aliphatic heterocycles. The fourth-order valence-electron chi connectivity index (χ4n) is 2.02. The number of rotatable bonds is 4. The van der Waals surface area contributed by atoms with Crippen LogP contribution < -0.4 is 5.32 Å². The van der Waals surface area contributed by atoms with Crippen molar-refractivity contribution in [3.8, 4) is 0 Å². The average Bonchev–Trinajstić information content (AvgIpc) is 2.44. The molecule has 0 aliphatic carbocycles. The van der Waals surface area contributed by atoms with Crippen LogP contribution >= 0.6 is 0 Å². The van der Waals surface area contributed by atoms with Crippen molar-refractivity contribution in [1.29, 1.82) is 0 Å². The van der Waals surface area contributed by atoms with E-state index in [9.17, 15) is 18.7 Å². The zero-order valence-corrected chi connectivity index (χ0v) is 12.1. The standard InChI is InChI=1S/C15H15F2N3O2/c1-8-10(6-18-9(2)20-8)15(22)19-7-13(21)14-11(16)4-3-5-12(14)17/h3-6,13,21H,7H2,1-2H3,(H,19,22). The van der Waals surface area contributed by atoms with E-state index in [1.165, 1.54) is 12.3 Å². The number of aromatic nitrogens is 2. The summed E-state index contributed by atoms with van der Waals surface area (Å²) in [6.45, 7) is 3.01. The van der Waals surface area contributed by atoms with Gasteiger partial charge in [-0.1, -0.05) is 6.07 Å². The highest BCUT2D eigenvalue weighted by atomic mass is 19.1. The number of benzene rings is 1. The topological polar surface area (TPSA) is 75.1 Å². The number of hydrogen-bond acceptors (Lipinski definition) is 4. The molecule has 0 spiro atoms. The van der Waals surface area contributed by atoms with Gasteiger partial charge in [-0.05, 0) is 26.0 Å². The summed E-state index contributed by atoms with van der Waals surface area (Å²) in [5.74, 6) is -1.72. The van der Waals surface area contributed by atoms with Gasteiger partial charge in [-0.25, -0.2) is 18.7 Å². The van der Waals surface area contributed by atoms with Gasteiger partial charge in [0.05, 0.1) is 16.8 Å². The van der Waals surface area contributed by atoms with Gasteiger partial charge in [0, 0.05) is 12.7 Å². The summed E-state index contributed by atoms with van der Waals surface area (Å²) in [5.41, 5.74) is 0.253. The van der Waals surface area contributed by atoms with Crippen LogP contribution in [0.4, 0.5) is 8.78 Å². The molecule has 116 valence electrons. The minimum atomic E-state index is -1.49. The fourth-order valence-corrected chi connectivity index (χ4v) is 2.02. The van der Waals surface area contributed by atoms with Crippen molar-refractivity contribution in [3.63, 3.8) is 0 Å². The van der Waals surface area contributed by atoms with Crippen LogP contribution in [0.3, 0.4) is 0 Å². The number of amides is 1. The van der Waals surface area contributed by atoms with Gasteiger partial charge in [-0.3, -0.25) is 4.79 Å². The Kier molecular flexibility index (Phi) is 4.77. The Hall–Kier alpha value is -2.41. The summed E-state index contributed by atoms with van der Waals surface area (Å²) >= 11 is 0. The second kappa shape index (κ2) is 6.57. The molecule has 1 aromatic heterocycles. The molecule has 0 fully saturated rings. The fraction of sp³-hybridized carbons (Fsp3) is 0.267. The smallest absolute Gasteiger partial charge is 0.254 e. The van der Waals surface area contributed by atoms with Crippen LogP contribution in [0.5, 0.6) is 0 Å². The molecule has 2 rings (SSSR count). The van der Waals surface area contributed by atoms with E-state index in [0.29, 0.717) is 11.5 Å². The van der Waals surface area contributed by atoms with Crippen LogP contribution in [0.2, 0.25) is 0 Å². The Bertz CT molecular complexity index is 687. The lowest BCUT2D eigenvalue weighted by Crippen LogP contribution is -2.30. The predicted molar refractivity (Wildman–Crippen MR) is 75.2 cm³/mol. The highest BCUT2D eigenvalue weighted by Crippen LogP contribution is 2.20. The quantitative estimate of drug-likeness (QED) is 0.904. The largest absolute Gasteiger partial charge is 0.386 e. The lowest BCUT2D eigenvalue weighted by Gasteiger charge is -2.14. The first-order valence-corrected chi connectivity index (χ1v) is 6.60. The number of carbonyl (C=O) groups is 1. The summed E-state index contributed by atoms with van der Waals surface area (Å²) in [4.78, 5) is 20.0. The number of nitrogens with one attached hydrogen (secondary N) is 1. The molecule has 2 N–H and O–H groups in total. The molecule has 1 aromatic carbocycles. The summed E-state index contributed by atoms with van der Waals surface area (Å²) in [7, 11) is 0. The third-order valence-electron chi connectivity index (χ3n) is 3.13. The van der Waals surface area contributed by atoms with Gasteiger partial charge in [-0.15, -0.1) is 0 Å². The lowest BCUT2D eigenvalue weighted by molar-refractivity contribution is 0.0910. The van der Waals surface area contributed by atoms with Crippen LogP contribution in [0.1, 0.15) is 33.5 Å². The second-order valence-electron chi connectivity index (χ2n) is 4.78. The first-order chi connectivity index (χ1) is 10.4. The number of halogens is 2. The third kappa shape index (κ3) is 3.43. The average molecular weight is 307 g/mol. The zero-order valence-electron chi connectivity index (χ0n) is 12.1. The Morgan fingerprint density at radius 1 is 1.32 bits per heavy atom. The summed E-state index contributed by atoms with van der Waals surface area (Å²) in [5, 5.41) is 12.3. The van der Waals surface area contributed by atoms with Crippen LogP contribution in [0, 0.1) is 25.5 Å². The van der Waals surface area contributed by atoms with Gasteiger partial charge in [-0.2, -0.15) is 0 Å². The Morgan fingerprint density at radius 2 is 1.95 bits per heavy atom. The minimum absolute atomic E-state index is 0.242. The van der Waals surface area contributed by atoms with Crippen molar-refractivity contribution in [1.82, 2.24) is 15.3 Å². The van der Waals surface area contributed by atoms with Crippen molar-refractivity contribution >= 4 is 5.91 Å². The van der Waals surface area contributed by atoms with Gasteiger partial charge >= 0.3 is 0 Å². The number of aliphatic hydroxyl groups excluding tert-OH is 1. The lowest BCUT2D eigenvalue weighted by atomic mass is 10.1. The molecule has 5 nitrogen and oxygen atoms in total. The van der Waals surface area contributed by atoms with Crippen molar-refractivity contribution in [3.05, 3.63) is 58.7 Å². The molecule has 1 atom stereocenters. The number of aryl methyl sites for hydroxylation is 2. The van der Waals surface area contributed by atoms with Crippen molar-refractivity contribution < 1.29 is 18.7 Å². The molecule has 1 unspecified atom stereocenters. The number of aliphatic hydroxyl groups is 1. The van der Waals surface area contributed by atoms with Gasteiger partial charge in [0.1, 0.15) is 23.6 Å². The zero-order chi connectivity index (χ0) is 16.3. The first-order valence-electron chi connectivity index (χ1n) is 6.60. The molecule has 1 amide bonds. The van der Waals surface area contributed by atoms with Crippen molar-refractivity contribution in [2.75, 3.05) is 6.54 Å². The van der Waals surface area contributed by atoms with E-state index in [2.05, 4.69) is 15.3 Å². The molecule has 0 saturated heterocycles. The van der Waals surface area contributed by atoms with Crippen molar-refractivity contribution in [2.24, 2.45) is 0 Å². The van der Waals surface area contributed by atoms with Gasteiger partial charge in [0.25, 0.3) is 5.91 Å². The monoisotopic (exact) mass is 307 g/mol. The minimum Gasteiger partial charge on any atom is -0.386 e. The van der Waals surface area contributed by atoms with Crippen LogP contribution in [-0.2, 0) is 0 Å². The van der Waals surface area contributed by atoms with Crippen LogP contribution in [0.25, 0.3) is 0 Å². The highest BCUT2D eigenvalue weighted by Gasteiger charge is 2.19. The Labute approximate surface area is 126 Å². The van der Waals surface area contributed by atoms with E-state index in [-0.39, 0.29) is 12.1 Å². The highest BCUT2D eigenvalue weighted by molar-refractivity contribution is 5.94. The maximum absolute atomic E-state index is 13.5. The molecular weight excluding hydrogens is 292 g/mol. The summed E-state index contributed by atoms with van der Waals surface area (Å²) in [6.07, 6.45) is -0.125. The molecule has 1 heterocycles. The van der Waals surface area contributed by atoms with E-state index in [1.54, 1.807) is 13.8 Å². The molecule has 0 radical (unpaired) electrons. The van der Waals surface area contributed by atoms with E-state index in [1.807, 2.05) is 0 Å². The van der Waals surface area contributed by atoms with E-state index in [4.69, 9.17) is 0 Å². The van der Waals surface area contributed by atoms with Gasteiger partial charge < -0.3 is 10.4 Å². The molecule has 2 aromatic rings. The number of hydrogen-bond donors (Lipinski definition) is 2. The molecule has 7 heteroatoms. The van der Waals surface area contributed by atoms with E-state index < -0.39 is 29.2 Å². The Balaban J connectivity index is 2.08. The van der Waals surface area contributed by atoms with Gasteiger partial charge in [0.2, 0.25) is 0 Å². The maximum Gasteiger partial charge on any atom is 0.254 e. The third-order valence-corrected chi connectivity index (χ3v) is 3.13. The van der Waals surface area contributed by atoms with Crippen LogP contribution in [-0.4, -0.2) is 27.5 Å². The second-order valence-corrected chi connectivity index (χ2v) is 4.78.